The zero-order valence-electron chi connectivity index (χ0n) is 9.67. The average Bonchev–Trinajstić information content (AvgIpc) is 2.76. The Labute approximate surface area is 94.0 Å². The van der Waals surface area contributed by atoms with Crippen LogP contribution in [0.4, 0.5) is 0 Å². The molecule has 0 bridgehead atoms. The second-order valence-corrected chi connectivity index (χ2v) is 3.74. The number of hydrogen-bond donors (Lipinski definition) is 1. The molecule has 0 spiro atoms. The normalized spacial score (nSPS) is 14.2. The Morgan fingerprint density at radius 2 is 2.31 bits per heavy atom. The van der Waals surface area contributed by atoms with E-state index in [1.165, 1.54) is 10.9 Å². The van der Waals surface area contributed by atoms with Gasteiger partial charge in [0.25, 0.3) is 0 Å². The van der Waals surface area contributed by atoms with E-state index in [0.717, 1.165) is 6.42 Å². The van der Waals surface area contributed by atoms with Gasteiger partial charge in [0.2, 0.25) is 5.91 Å². The van der Waals surface area contributed by atoms with Crippen LogP contribution < -0.4 is 5.32 Å². The summed E-state index contributed by atoms with van der Waals surface area (Å²) in [7, 11) is 0. The van der Waals surface area contributed by atoms with Crippen LogP contribution in [0.2, 0.25) is 0 Å². The molecule has 2 unspecified atom stereocenters. The van der Waals surface area contributed by atoms with Crippen molar-refractivity contribution >= 4 is 12.2 Å². The molecular formula is C10H16N4O2. The van der Waals surface area contributed by atoms with Gasteiger partial charge in [0.05, 0.1) is 6.20 Å². The number of rotatable bonds is 5. The van der Waals surface area contributed by atoms with Gasteiger partial charge in [-0.15, -0.1) is 5.10 Å². The van der Waals surface area contributed by atoms with Crippen LogP contribution in [0.5, 0.6) is 0 Å². The van der Waals surface area contributed by atoms with Gasteiger partial charge in [-0.05, 0) is 20.3 Å². The van der Waals surface area contributed by atoms with E-state index in [9.17, 15) is 9.59 Å². The number of amides is 1. The third-order valence-electron chi connectivity index (χ3n) is 2.43. The lowest BCUT2D eigenvalue weighted by atomic mass is 10.2. The summed E-state index contributed by atoms with van der Waals surface area (Å²) >= 11 is 0. The minimum Gasteiger partial charge on any atom is -0.352 e. The second-order valence-electron chi connectivity index (χ2n) is 3.74. The maximum Gasteiger partial charge on any atom is 0.244 e. The first kappa shape index (κ1) is 12.4. The SMILES string of the molecule is CCC(C)NC(=O)C(C)n1cc(C=O)nn1. The zero-order valence-corrected chi connectivity index (χ0v) is 9.67. The topological polar surface area (TPSA) is 76.9 Å². The van der Waals surface area contributed by atoms with E-state index < -0.39 is 6.04 Å². The summed E-state index contributed by atoms with van der Waals surface area (Å²) < 4.78 is 1.38. The van der Waals surface area contributed by atoms with Crippen LogP contribution in [-0.2, 0) is 4.79 Å². The Hall–Kier alpha value is -1.72. The minimum atomic E-state index is -0.463. The molecule has 0 aromatic carbocycles. The van der Waals surface area contributed by atoms with E-state index >= 15 is 0 Å². The quantitative estimate of drug-likeness (QED) is 0.742. The van der Waals surface area contributed by atoms with Crippen molar-refractivity contribution in [3.8, 4) is 0 Å². The highest BCUT2D eigenvalue weighted by Crippen LogP contribution is 2.04. The number of nitrogens with zero attached hydrogens (tertiary/aromatic N) is 3. The molecule has 1 heterocycles. The molecule has 0 aliphatic heterocycles. The predicted octanol–water partition coefficient (Wildman–Crippen LogP) is 0.566. The highest BCUT2D eigenvalue weighted by molar-refractivity contribution is 5.80. The number of aromatic nitrogens is 3. The minimum absolute atomic E-state index is 0.128. The van der Waals surface area contributed by atoms with E-state index in [0.29, 0.717) is 6.29 Å². The molecule has 2 atom stereocenters. The van der Waals surface area contributed by atoms with E-state index in [1.807, 2.05) is 13.8 Å². The van der Waals surface area contributed by atoms with Crippen LogP contribution in [0.25, 0.3) is 0 Å². The third kappa shape index (κ3) is 2.88. The molecular weight excluding hydrogens is 208 g/mol. The van der Waals surface area contributed by atoms with E-state index in [2.05, 4.69) is 15.6 Å². The van der Waals surface area contributed by atoms with Gasteiger partial charge in [0.1, 0.15) is 11.7 Å². The van der Waals surface area contributed by atoms with Crippen LogP contribution in [0.1, 0.15) is 43.7 Å². The molecule has 0 aliphatic rings. The molecule has 0 saturated carbocycles. The first-order valence-corrected chi connectivity index (χ1v) is 5.25. The Bertz CT molecular complexity index is 375. The Morgan fingerprint density at radius 1 is 1.62 bits per heavy atom. The molecule has 6 heteroatoms. The summed E-state index contributed by atoms with van der Waals surface area (Å²) in [6.07, 6.45) is 2.92. The van der Waals surface area contributed by atoms with E-state index in [1.54, 1.807) is 6.92 Å². The van der Waals surface area contributed by atoms with Crippen molar-refractivity contribution in [2.45, 2.75) is 39.3 Å². The molecule has 0 radical (unpaired) electrons. The van der Waals surface area contributed by atoms with Crippen LogP contribution in [0.15, 0.2) is 6.20 Å². The molecule has 0 fully saturated rings. The molecule has 6 nitrogen and oxygen atoms in total. The number of carbonyl (C=O) groups excluding carboxylic acids is 2. The molecule has 1 aromatic rings. The van der Waals surface area contributed by atoms with Gasteiger partial charge in [0, 0.05) is 6.04 Å². The summed E-state index contributed by atoms with van der Waals surface area (Å²) in [5, 5.41) is 10.2. The molecule has 1 amide bonds. The lowest BCUT2D eigenvalue weighted by Gasteiger charge is -2.15. The molecule has 1 rings (SSSR count). The number of nitrogens with one attached hydrogen (secondary N) is 1. The molecule has 16 heavy (non-hydrogen) atoms. The fraction of sp³-hybridized carbons (Fsp3) is 0.600. The molecule has 0 aliphatic carbocycles. The van der Waals surface area contributed by atoms with Crippen LogP contribution >= 0.6 is 0 Å². The van der Waals surface area contributed by atoms with E-state index in [4.69, 9.17) is 0 Å². The molecule has 88 valence electrons. The van der Waals surface area contributed by atoms with Gasteiger partial charge in [-0.25, -0.2) is 4.68 Å². The predicted molar refractivity (Wildman–Crippen MR) is 58.0 cm³/mol. The smallest absolute Gasteiger partial charge is 0.244 e. The van der Waals surface area contributed by atoms with Crippen molar-refractivity contribution in [1.29, 1.82) is 0 Å². The summed E-state index contributed by atoms with van der Waals surface area (Å²) in [6, 6.07) is -0.334. The van der Waals surface area contributed by atoms with E-state index in [-0.39, 0.29) is 17.6 Å². The van der Waals surface area contributed by atoms with Crippen molar-refractivity contribution in [1.82, 2.24) is 20.3 Å². The lowest BCUT2D eigenvalue weighted by Crippen LogP contribution is -2.37. The maximum absolute atomic E-state index is 11.7. The average molecular weight is 224 g/mol. The second kappa shape index (κ2) is 5.39. The van der Waals surface area contributed by atoms with Gasteiger partial charge in [-0.3, -0.25) is 9.59 Å². The fourth-order valence-electron chi connectivity index (χ4n) is 1.12. The summed E-state index contributed by atoms with van der Waals surface area (Å²) in [4.78, 5) is 22.1. The van der Waals surface area contributed by atoms with Gasteiger partial charge in [-0.2, -0.15) is 0 Å². The van der Waals surface area contributed by atoms with Gasteiger partial charge < -0.3 is 5.32 Å². The summed E-state index contributed by atoms with van der Waals surface area (Å²) in [5.41, 5.74) is 0.225. The van der Waals surface area contributed by atoms with Crippen molar-refractivity contribution in [2.24, 2.45) is 0 Å². The van der Waals surface area contributed by atoms with Crippen molar-refractivity contribution < 1.29 is 9.59 Å². The third-order valence-corrected chi connectivity index (χ3v) is 2.43. The first-order chi connectivity index (χ1) is 7.58. The molecule has 0 saturated heterocycles. The maximum atomic E-state index is 11.7. The highest BCUT2D eigenvalue weighted by Gasteiger charge is 2.17. The molecule has 1 aromatic heterocycles. The molecule has 1 N–H and O–H groups in total. The summed E-state index contributed by atoms with van der Waals surface area (Å²) in [6.45, 7) is 5.64. The van der Waals surface area contributed by atoms with Gasteiger partial charge in [0.15, 0.2) is 6.29 Å². The Balaban J connectivity index is 2.66. The first-order valence-electron chi connectivity index (χ1n) is 5.25. The van der Waals surface area contributed by atoms with Gasteiger partial charge in [-0.1, -0.05) is 12.1 Å². The van der Waals surface area contributed by atoms with Crippen LogP contribution in [0, 0.1) is 0 Å². The standard InChI is InChI=1S/C10H16N4O2/c1-4-7(2)11-10(16)8(3)14-5-9(6-15)12-13-14/h5-8H,4H2,1-3H3,(H,11,16). The fourth-order valence-corrected chi connectivity index (χ4v) is 1.12. The highest BCUT2D eigenvalue weighted by atomic mass is 16.2. The lowest BCUT2D eigenvalue weighted by molar-refractivity contribution is -0.124. The van der Waals surface area contributed by atoms with Crippen LogP contribution in [0.3, 0.4) is 0 Å². The van der Waals surface area contributed by atoms with Crippen molar-refractivity contribution in [3.05, 3.63) is 11.9 Å². The zero-order chi connectivity index (χ0) is 12.1. The summed E-state index contributed by atoms with van der Waals surface area (Å²) in [5.74, 6) is -0.128. The van der Waals surface area contributed by atoms with Crippen molar-refractivity contribution in [3.63, 3.8) is 0 Å². The number of carbonyl (C=O) groups is 2. The van der Waals surface area contributed by atoms with Crippen LogP contribution in [-0.4, -0.2) is 33.2 Å². The van der Waals surface area contributed by atoms with Gasteiger partial charge >= 0.3 is 0 Å². The monoisotopic (exact) mass is 224 g/mol. The number of hydrogen-bond acceptors (Lipinski definition) is 4. The number of aldehydes is 1. The Morgan fingerprint density at radius 3 is 2.81 bits per heavy atom. The largest absolute Gasteiger partial charge is 0.352 e. The Kier molecular flexibility index (Phi) is 4.16. The van der Waals surface area contributed by atoms with Crippen molar-refractivity contribution in [2.75, 3.05) is 0 Å².